The van der Waals surface area contributed by atoms with Gasteiger partial charge in [-0.25, -0.2) is 0 Å². The first kappa shape index (κ1) is 14.7. The van der Waals surface area contributed by atoms with Gasteiger partial charge in [-0.3, -0.25) is 14.8 Å². The number of aromatic amines is 1. The van der Waals surface area contributed by atoms with Gasteiger partial charge >= 0.3 is 5.97 Å². The van der Waals surface area contributed by atoms with Crippen LogP contribution < -0.4 is 0 Å². The van der Waals surface area contributed by atoms with Gasteiger partial charge in [-0.1, -0.05) is 34.1 Å². The lowest BCUT2D eigenvalue weighted by atomic mass is 10.2. The van der Waals surface area contributed by atoms with Crippen LogP contribution in [0.5, 0.6) is 0 Å². The summed E-state index contributed by atoms with van der Waals surface area (Å²) in [6, 6.07) is 7.83. The monoisotopic (exact) mass is 337 g/mol. The fraction of sp³-hybridized carbons (Fsp3) is 0.286. The van der Waals surface area contributed by atoms with Gasteiger partial charge in [-0.15, -0.1) is 0 Å². The highest BCUT2D eigenvalue weighted by molar-refractivity contribution is 9.10. The van der Waals surface area contributed by atoms with Gasteiger partial charge in [0.25, 0.3) is 0 Å². The second-order valence-electron chi connectivity index (χ2n) is 4.65. The smallest absolute Gasteiger partial charge is 0.317 e. The lowest BCUT2D eigenvalue weighted by molar-refractivity contribution is -0.138. The SMILES string of the molecule is Cc1[nH]ncc1CN(CC(=O)O)Cc1ccccc1Br. The van der Waals surface area contributed by atoms with Gasteiger partial charge in [-0.2, -0.15) is 5.10 Å². The lowest BCUT2D eigenvalue weighted by Gasteiger charge is -2.20. The van der Waals surface area contributed by atoms with Crippen molar-refractivity contribution in [3.63, 3.8) is 0 Å². The van der Waals surface area contributed by atoms with Gasteiger partial charge in [0.15, 0.2) is 0 Å². The van der Waals surface area contributed by atoms with E-state index in [0.717, 1.165) is 21.3 Å². The number of nitrogens with zero attached hydrogens (tertiary/aromatic N) is 2. The molecule has 0 saturated heterocycles. The van der Waals surface area contributed by atoms with E-state index in [2.05, 4.69) is 26.1 Å². The highest BCUT2D eigenvalue weighted by Gasteiger charge is 2.14. The normalized spacial score (nSPS) is 10.9. The van der Waals surface area contributed by atoms with E-state index in [0.29, 0.717) is 13.1 Å². The van der Waals surface area contributed by atoms with Crippen LogP contribution in [0.3, 0.4) is 0 Å². The molecule has 0 atom stereocenters. The molecule has 6 heteroatoms. The number of halogens is 1. The van der Waals surface area contributed by atoms with Crippen LogP contribution in [0.25, 0.3) is 0 Å². The maximum Gasteiger partial charge on any atom is 0.317 e. The van der Waals surface area contributed by atoms with Crippen LogP contribution in [-0.4, -0.2) is 32.7 Å². The average molecular weight is 338 g/mol. The number of nitrogens with one attached hydrogen (secondary N) is 1. The number of aromatic nitrogens is 2. The summed E-state index contributed by atoms with van der Waals surface area (Å²) in [6.45, 7) is 3.04. The molecule has 0 aliphatic heterocycles. The number of rotatable bonds is 6. The Morgan fingerprint density at radius 2 is 2.05 bits per heavy atom. The first-order valence-corrected chi connectivity index (χ1v) is 7.02. The van der Waals surface area contributed by atoms with E-state index in [1.165, 1.54) is 0 Å². The molecule has 0 radical (unpaired) electrons. The number of carboxylic acid groups (broad SMARTS) is 1. The number of aryl methyl sites for hydroxylation is 1. The molecular weight excluding hydrogens is 322 g/mol. The predicted octanol–water partition coefficient (Wildman–Crippen LogP) is 2.57. The van der Waals surface area contributed by atoms with E-state index in [-0.39, 0.29) is 6.54 Å². The molecule has 0 saturated carbocycles. The van der Waals surface area contributed by atoms with E-state index in [1.807, 2.05) is 36.1 Å². The van der Waals surface area contributed by atoms with Gasteiger partial charge < -0.3 is 5.11 Å². The van der Waals surface area contributed by atoms with E-state index < -0.39 is 5.97 Å². The van der Waals surface area contributed by atoms with Crippen LogP contribution in [-0.2, 0) is 17.9 Å². The van der Waals surface area contributed by atoms with Crippen molar-refractivity contribution in [1.82, 2.24) is 15.1 Å². The van der Waals surface area contributed by atoms with Crippen molar-refractivity contribution in [3.8, 4) is 0 Å². The fourth-order valence-corrected chi connectivity index (χ4v) is 2.41. The maximum absolute atomic E-state index is 11.0. The number of carboxylic acids is 1. The average Bonchev–Trinajstić information content (AvgIpc) is 2.77. The minimum atomic E-state index is -0.835. The quantitative estimate of drug-likeness (QED) is 0.849. The largest absolute Gasteiger partial charge is 0.480 e. The van der Waals surface area contributed by atoms with E-state index >= 15 is 0 Å². The van der Waals surface area contributed by atoms with Crippen molar-refractivity contribution in [2.24, 2.45) is 0 Å². The Labute approximate surface area is 125 Å². The molecule has 0 aliphatic rings. The molecule has 0 fully saturated rings. The Hall–Kier alpha value is -1.66. The molecule has 1 heterocycles. The minimum absolute atomic E-state index is 0.00798. The summed E-state index contributed by atoms with van der Waals surface area (Å²) < 4.78 is 0.985. The standard InChI is InChI=1S/C14H16BrN3O2/c1-10-12(6-16-17-10)8-18(9-14(19)20)7-11-4-2-3-5-13(11)15/h2-6H,7-9H2,1H3,(H,16,17)(H,19,20). The van der Waals surface area contributed by atoms with Crippen molar-refractivity contribution in [2.75, 3.05) is 6.54 Å². The summed E-state index contributed by atoms with van der Waals surface area (Å²) in [6.07, 6.45) is 1.74. The van der Waals surface area contributed by atoms with Gasteiger partial charge in [0.05, 0.1) is 12.7 Å². The predicted molar refractivity (Wildman–Crippen MR) is 79.2 cm³/mol. The molecular formula is C14H16BrN3O2. The van der Waals surface area contributed by atoms with E-state index in [9.17, 15) is 4.79 Å². The van der Waals surface area contributed by atoms with Crippen molar-refractivity contribution >= 4 is 21.9 Å². The second-order valence-corrected chi connectivity index (χ2v) is 5.50. The molecule has 0 unspecified atom stereocenters. The second kappa shape index (κ2) is 6.67. The van der Waals surface area contributed by atoms with Gasteiger partial charge in [0, 0.05) is 28.8 Å². The van der Waals surface area contributed by atoms with Crippen LogP contribution in [0.4, 0.5) is 0 Å². The van der Waals surface area contributed by atoms with Crippen molar-refractivity contribution in [2.45, 2.75) is 20.0 Å². The Morgan fingerprint density at radius 3 is 2.65 bits per heavy atom. The molecule has 5 nitrogen and oxygen atoms in total. The van der Waals surface area contributed by atoms with Gasteiger partial charge in [0.2, 0.25) is 0 Å². The molecule has 0 aliphatic carbocycles. The third-order valence-corrected chi connectivity index (χ3v) is 3.81. The van der Waals surface area contributed by atoms with Crippen LogP contribution in [0.2, 0.25) is 0 Å². The molecule has 0 spiro atoms. The minimum Gasteiger partial charge on any atom is -0.480 e. The zero-order valence-corrected chi connectivity index (χ0v) is 12.7. The first-order valence-electron chi connectivity index (χ1n) is 6.22. The Balaban J connectivity index is 2.14. The van der Waals surface area contributed by atoms with Crippen LogP contribution in [0, 0.1) is 6.92 Å². The summed E-state index contributed by atoms with van der Waals surface area (Å²) in [5, 5.41) is 15.9. The Bertz CT molecular complexity index is 598. The summed E-state index contributed by atoms with van der Waals surface area (Å²) in [5.74, 6) is -0.835. The highest BCUT2D eigenvalue weighted by Crippen LogP contribution is 2.19. The van der Waals surface area contributed by atoms with Crippen LogP contribution in [0.1, 0.15) is 16.8 Å². The maximum atomic E-state index is 11.0. The number of hydrogen-bond acceptors (Lipinski definition) is 3. The number of H-pyrrole nitrogens is 1. The van der Waals surface area contributed by atoms with E-state index in [1.54, 1.807) is 6.20 Å². The molecule has 1 aromatic carbocycles. The summed E-state index contributed by atoms with van der Waals surface area (Å²) in [4.78, 5) is 12.9. The lowest BCUT2D eigenvalue weighted by Crippen LogP contribution is -2.29. The van der Waals surface area contributed by atoms with Crippen molar-refractivity contribution in [3.05, 3.63) is 51.8 Å². The third kappa shape index (κ3) is 3.91. The summed E-state index contributed by atoms with van der Waals surface area (Å²) in [5.41, 5.74) is 3.04. The number of aliphatic carboxylic acids is 1. The Morgan fingerprint density at radius 1 is 1.35 bits per heavy atom. The molecule has 2 N–H and O–H groups in total. The molecule has 20 heavy (non-hydrogen) atoms. The molecule has 2 rings (SSSR count). The van der Waals surface area contributed by atoms with Gasteiger partial charge in [0.1, 0.15) is 0 Å². The van der Waals surface area contributed by atoms with Gasteiger partial charge in [-0.05, 0) is 18.6 Å². The summed E-state index contributed by atoms with van der Waals surface area (Å²) >= 11 is 3.49. The van der Waals surface area contributed by atoms with Crippen LogP contribution >= 0.6 is 15.9 Å². The van der Waals surface area contributed by atoms with E-state index in [4.69, 9.17) is 5.11 Å². The third-order valence-electron chi connectivity index (χ3n) is 3.04. The molecule has 0 bridgehead atoms. The Kier molecular flexibility index (Phi) is 4.92. The topological polar surface area (TPSA) is 69.2 Å². The van der Waals surface area contributed by atoms with Crippen molar-refractivity contribution < 1.29 is 9.90 Å². The molecule has 1 aromatic heterocycles. The highest BCUT2D eigenvalue weighted by atomic mass is 79.9. The number of carbonyl (C=O) groups is 1. The molecule has 106 valence electrons. The number of benzene rings is 1. The van der Waals surface area contributed by atoms with Crippen LogP contribution in [0.15, 0.2) is 34.9 Å². The van der Waals surface area contributed by atoms with Crippen molar-refractivity contribution in [1.29, 1.82) is 0 Å². The zero-order valence-electron chi connectivity index (χ0n) is 11.1. The molecule has 0 amide bonds. The first-order chi connectivity index (χ1) is 9.56. The summed E-state index contributed by atoms with van der Waals surface area (Å²) in [7, 11) is 0. The molecule has 2 aromatic rings. The fourth-order valence-electron chi connectivity index (χ4n) is 2.00. The zero-order chi connectivity index (χ0) is 14.5. The number of hydrogen-bond donors (Lipinski definition) is 2.